The second-order valence-electron chi connectivity index (χ2n) is 5.45. The van der Waals surface area contributed by atoms with Gasteiger partial charge in [-0.1, -0.05) is 37.3 Å². The van der Waals surface area contributed by atoms with E-state index in [0.29, 0.717) is 0 Å². The van der Waals surface area contributed by atoms with Crippen molar-refractivity contribution in [2.75, 3.05) is 0 Å². The van der Waals surface area contributed by atoms with E-state index in [-0.39, 0.29) is 18.4 Å². The van der Waals surface area contributed by atoms with Crippen molar-refractivity contribution in [3.05, 3.63) is 47.5 Å². The molecule has 0 aromatic heterocycles. The van der Waals surface area contributed by atoms with Gasteiger partial charge in [0.15, 0.2) is 0 Å². The first kappa shape index (κ1) is 19.7. The molecule has 0 aliphatic carbocycles. The van der Waals surface area contributed by atoms with Gasteiger partial charge in [-0.25, -0.2) is 4.79 Å². The molecule has 132 valence electrons. The Morgan fingerprint density at radius 1 is 1.29 bits per heavy atom. The van der Waals surface area contributed by atoms with E-state index in [9.17, 15) is 22.8 Å². The number of hydrogen-bond acceptors (Lipinski definition) is 2. The monoisotopic (exact) mass is 343 g/mol. The van der Waals surface area contributed by atoms with E-state index in [4.69, 9.17) is 5.11 Å². The fraction of sp³-hybridized carbons (Fsp3) is 0.412. The molecule has 1 aromatic rings. The highest BCUT2D eigenvalue weighted by molar-refractivity contribution is 5.84. The first-order valence-electron chi connectivity index (χ1n) is 7.46. The number of alkyl halides is 3. The molecule has 0 radical (unpaired) electrons. The largest absolute Gasteiger partial charge is 0.480 e. The van der Waals surface area contributed by atoms with Crippen molar-refractivity contribution in [3.8, 4) is 0 Å². The van der Waals surface area contributed by atoms with Crippen molar-refractivity contribution >= 4 is 11.9 Å². The Kier molecular flexibility index (Phi) is 7.00. The van der Waals surface area contributed by atoms with Crippen LogP contribution in [0.25, 0.3) is 0 Å². The number of rotatable bonds is 7. The molecule has 1 rings (SSSR count). The van der Waals surface area contributed by atoms with Gasteiger partial charge < -0.3 is 10.4 Å². The average Bonchev–Trinajstić information content (AvgIpc) is 2.50. The van der Waals surface area contributed by atoms with Gasteiger partial charge in [-0.15, -0.1) is 0 Å². The summed E-state index contributed by atoms with van der Waals surface area (Å²) in [6, 6.07) is 3.96. The van der Waals surface area contributed by atoms with Crippen LogP contribution in [0.1, 0.15) is 43.7 Å². The summed E-state index contributed by atoms with van der Waals surface area (Å²) < 4.78 is 39.0. The predicted molar refractivity (Wildman–Crippen MR) is 83.5 cm³/mol. The highest BCUT2D eigenvalue weighted by Gasteiger charge is 2.34. The number of carboxylic acids is 1. The summed E-state index contributed by atoms with van der Waals surface area (Å²) in [6.07, 6.45) is -1.36. The lowest BCUT2D eigenvalue weighted by atomic mass is 9.92. The molecular weight excluding hydrogens is 323 g/mol. The number of aliphatic carboxylic acids is 1. The lowest BCUT2D eigenvalue weighted by Crippen LogP contribution is -2.40. The lowest BCUT2D eigenvalue weighted by molar-refractivity contribution is -0.141. The second kappa shape index (κ2) is 8.52. The van der Waals surface area contributed by atoms with Crippen LogP contribution in [-0.2, 0) is 15.8 Å². The van der Waals surface area contributed by atoms with Gasteiger partial charge in [0, 0.05) is 6.42 Å². The summed E-state index contributed by atoms with van der Waals surface area (Å²) in [6.45, 7) is 3.22. The Hall–Kier alpha value is -2.31. The SMILES string of the molecule is C/C=C/CC(NC(=O)CC(C)c1ccccc1C(F)(F)F)C(=O)O. The van der Waals surface area contributed by atoms with Gasteiger partial charge in [0.1, 0.15) is 6.04 Å². The summed E-state index contributed by atoms with van der Waals surface area (Å²) in [5.74, 6) is -2.49. The van der Waals surface area contributed by atoms with Crippen LogP contribution in [0.2, 0.25) is 0 Å². The average molecular weight is 343 g/mol. The minimum Gasteiger partial charge on any atom is -0.480 e. The van der Waals surface area contributed by atoms with Crippen molar-refractivity contribution < 1.29 is 27.9 Å². The number of nitrogens with one attached hydrogen (secondary N) is 1. The lowest BCUT2D eigenvalue weighted by Gasteiger charge is -2.19. The highest BCUT2D eigenvalue weighted by atomic mass is 19.4. The normalized spacial score (nSPS) is 14.4. The maximum atomic E-state index is 13.0. The van der Waals surface area contributed by atoms with Gasteiger partial charge in [-0.3, -0.25) is 4.79 Å². The van der Waals surface area contributed by atoms with Crippen LogP contribution in [0.4, 0.5) is 13.2 Å². The smallest absolute Gasteiger partial charge is 0.416 e. The zero-order chi connectivity index (χ0) is 18.3. The van der Waals surface area contributed by atoms with E-state index in [2.05, 4.69) is 5.32 Å². The Bertz CT molecular complexity index is 611. The molecule has 0 heterocycles. The molecule has 0 aliphatic rings. The van der Waals surface area contributed by atoms with Crippen LogP contribution >= 0.6 is 0 Å². The van der Waals surface area contributed by atoms with Crippen LogP contribution < -0.4 is 5.32 Å². The van der Waals surface area contributed by atoms with E-state index in [1.165, 1.54) is 25.1 Å². The maximum Gasteiger partial charge on any atom is 0.416 e. The summed E-state index contributed by atoms with van der Waals surface area (Å²) in [5.41, 5.74) is -0.769. The van der Waals surface area contributed by atoms with Crippen molar-refractivity contribution in [1.29, 1.82) is 0 Å². The molecule has 0 saturated heterocycles. The zero-order valence-electron chi connectivity index (χ0n) is 13.4. The molecule has 2 atom stereocenters. The first-order valence-corrected chi connectivity index (χ1v) is 7.46. The van der Waals surface area contributed by atoms with Crippen LogP contribution in [-0.4, -0.2) is 23.0 Å². The molecular formula is C17H20F3NO3. The van der Waals surface area contributed by atoms with Gasteiger partial charge >= 0.3 is 12.1 Å². The van der Waals surface area contributed by atoms with Gasteiger partial charge in [0.05, 0.1) is 5.56 Å². The van der Waals surface area contributed by atoms with Gasteiger partial charge in [0.2, 0.25) is 5.91 Å². The predicted octanol–water partition coefficient (Wildman–Crippen LogP) is 3.73. The summed E-state index contributed by atoms with van der Waals surface area (Å²) in [7, 11) is 0. The third-order valence-corrected chi connectivity index (χ3v) is 3.53. The van der Waals surface area contributed by atoms with Crippen molar-refractivity contribution in [2.24, 2.45) is 0 Å². The summed E-state index contributed by atoms with van der Waals surface area (Å²) >= 11 is 0. The number of hydrogen-bond donors (Lipinski definition) is 2. The van der Waals surface area contributed by atoms with E-state index >= 15 is 0 Å². The number of carbonyl (C=O) groups is 2. The van der Waals surface area contributed by atoms with Crippen molar-refractivity contribution in [3.63, 3.8) is 0 Å². The molecule has 1 aromatic carbocycles. The topological polar surface area (TPSA) is 66.4 Å². The molecule has 0 fully saturated rings. The molecule has 0 saturated carbocycles. The molecule has 2 N–H and O–H groups in total. The minimum absolute atomic E-state index is 0.0143. The summed E-state index contributed by atoms with van der Waals surface area (Å²) in [5, 5.41) is 11.4. The highest BCUT2D eigenvalue weighted by Crippen LogP contribution is 2.35. The van der Waals surface area contributed by atoms with Crippen LogP contribution in [0.5, 0.6) is 0 Å². The number of halogens is 3. The molecule has 0 spiro atoms. The molecule has 24 heavy (non-hydrogen) atoms. The van der Waals surface area contributed by atoms with E-state index in [0.717, 1.165) is 6.07 Å². The van der Waals surface area contributed by atoms with E-state index < -0.39 is 35.6 Å². The van der Waals surface area contributed by atoms with Crippen LogP contribution in [0.15, 0.2) is 36.4 Å². The van der Waals surface area contributed by atoms with Crippen LogP contribution in [0.3, 0.4) is 0 Å². The maximum absolute atomic E-state index is 13.0. The number of carbonyl (C=O) groups excluding carboxylic acids is 1. The Balaban J connectivity index is 2.82. The quantitative estimate of drug-likeness (QED) is 0.741. The standard InChI is InChI=1S/C17H20F3NO3/c1-3-4-9-14(16(23)24)21-15(22)10-11(2)12-7-5-6-8-13(12)17(18,19)20/h3-8,11,14H,9-10H2,1-2H3,(H,21,22)(H,23,24)/b4-3+. The van der Waals surface area contributed by atoms with Crippen molar-refractivity contribution in [2.45, 2.75) is 44.8 Å². The number of carboxylic acid groups (broad SMARTS) is 1. The Morgan fingerprint density at radius 2 is 1.92 bits per heavy atom. The molecule has 4 nitrogen and oxygen atoms in total. The fourth-order valence-corrected chi connectivity index (χ4v) is 2.32. The third kappa shape index (κ3) is 5.72. The third-order valence-electron chi connectivity index (χ3n) is 3.53. The van der Waals surface area contributed by atoms with Gasteiger partial charge in [0.25, 0.3) is 0 Å². The first-order chi connectivity index (χ1) is 11.2. The number of allylic oxidation sites excluding steroid dienone is 1. The Labute approximate surface area is 138 Å². The number of amides is 1. The van der Waals surface area contributed by atoms with Gasteiger partial charge in [-0.05, 0) is 30.9 Å². The van der Waals surface area contributed by atoms with Crippen molar-refractivity contribution in [1.82, 2.24) is 5.32 Å². The van der Waals surface area contributed by atoms with E-state index in [1.807, 2.05) is 0 Å². The number of benzene rings is 1. The Morgan fingerprint density at radius 3 is 2.46 bits per heavy atom. The summed E-state index contributed by atoms with van der Waals surface area (Å²) in [4.78, 5) is 23.1. The minimum atomic E-state index is -4.50. The second-order valence-corrected chi connectivity index (χ2v) is 5.45. The van der Waals surface area contributed by atoms with Gasteiger partial charge in [-0.2, -0.15) is 13.2 Å². The molecule has 2 unspecified atom stereocenters. The molecule has 1 amide bonds. The van der Waals surface area contributed by atoms with Crippen LogP contribution in [0, 0.1) is 0 Å². The van der Waals surface area contributed by atoms with E-state index in [1.54, 1.807) is 19.1 Å². The molecule has 7 heteroatoms. The molecule has 0 aliphatic heterocycles. The zero-order valence-corrected chi connectivity index (χ0v) is 13.4. The fourth-order valence-electron chi connectivity index (χ4n) is 2.32. The molecule has 0 bridgehead atoms.